The topological polar surface area (TPSA) is 167 Å². The third-order valence-corrected chi connectivity index (χ3v) is 17.1. The zero-order chi connectivity index (χ0) is 62.2. The van der Waals surface area contributed by atoms with Crippen LogP contribution in [0.5, 0.6) is 0 Å². The fraction of sp³-hybridized carbons (Fsp3) is 0.575. The number of ether oxygens (including phenoxy) is 14. The van der Waals surface area contributed by atoms with Gasteiger partial charge in [-0.05, 0) is 74.8 Å². The first-order valence-electron chi connectivity index (χ1n) is 32.7. The number of hydrogen-bond donors (Lipinski definition) is 1. The molecule has 4 heterocycles. The number of carbonyl (C=O) groups excluding carboxylic acids is 1. The molecule has 4 saturated heterocycles. The highest BCUT2D eigenvalue weighted by molar-refractivity contribution is 5.68. The van der Waals surface area contributed by atoms with Crippen molar-refractivity contribution in [2.75, 3.05) is 13.7 Å². The summed E-state index contributed by atoms with van der Waals surface area (Å²) in [7, 11) is 1.44. The molecule has 9 rings (SSSR count). The normalized spacial score (nSPS) is 28.7. The molecule has 0 aromatic heterocycles. The van der Waals surface area contributed by atoms with Crippen LogP contribution in [0.3, 0.4) is 0 Å². The fourth-order valence-corrected chi connectivity index (χ4v) is 12.3. The summed E-state index contributed by atoms with van der Waals surface area (Å²) in [5, 5.41) is 12.9. The Hall–Kier alpha value is -4.99. The maximum atomic E-state index is 12.9. The van der Waals surface area contributed by atoms with Crippen molar-refractivity contribution in [3.8, 4) is 0 Å². The Morgan fingerprint density at radius 1 is 0.483 bits per heavy atom. The lowest BCUT2D eigenvalue weighted by Gasteiger charge is -2.50. The van der Waals surface area contributed by atoms with Gasteiger partial charge in [0.05, 0.1) is 65.1 Å². The molecule has 89 heavy (non-hydrogen) atoms. The highest BCUT2D eigenvalue weighted by Crippen LogP contribution is 2.43. The minimum absolute atomic E-state index is 0.0748. The van der Waals surface area contributed by atoms with E-state index in [1.165, 1.54) is 7.11 Å². The lowest BCUT2D eigenvalue weighted by atomic mass is 9.95. The molecule has 16 heteroatoms. The smallest absolute Gasteiger partial charge is 0.305 e. The number of rotatable bonds is 36. The number of methoxy groups -OCH3 is 1. The molecule has 0 aliphatic carbocycles. The fourth-order valence-electron chi connectivity index (χ4n) is 12.3. The van der Waals surface area contributed by atoms with Gasteiger partial charge in [0.2, 0.25) is 0 Å². The molecular weight excluding hydrogens is 1130 g/mol. The Bertz CT molecular complexity index is 2730. The molecule has 486 valence electrons. The first kappa shape index (κ1) is 68.4. The third kappa shape index (κ3) is 20.8. The molecule has 4 aliphatic rings. The van der Waals surface area contributed by atoms with Crippen LogP contribution in [0.2, 0.25) is 0 Å². The number of benzene rings is 5. The van der Waals surface area contributed by atoms with E-state index in [-0.39, 0.29) is 45.1 Å². The Morgan fingerprint density at radius 2 is 0.933 bits per heavy atom. The number of hydrogen-bond acceptors (Lipinski definition) is 16. The van der Waals surface area contributed by atoms with Crippen LogP contribution >= 0.6 is 0 Å². The van der Waals surface area contributed by atoms with Gasteiger partial charge in [-0.2, -0.15) is 0 Å². The molecule has 1 N–H and O–H groups in total. The van der Waals surface area contributed by atoms with Gasteiger partial charge >= 0.3 is 5.97 Å². The van der Waals surface area contributed by atoms with Gasteiger partial charge < -0.3 is 71.4 Å². The molecule has 5 aromatic carbocycles. The van der Waals surface area contributed by atoms with Crippen molar-refractivity contribution in [1.82, 2.24) is 0 Å². The van der Waals surface area contributed by atoms with Crippen LogP contribution in [0, 0.1) is 0 Å². The first-order valence-corrected chi connectivity index (χ1v) is 32.7. The van der Waals surface area contributed by atoms with Crippen molar-refractivity contribution >= 4 is 5.97 Å². The lowest BCUT2D eigenvalue weighted by Crippen LogP contribution is -2.67. The summed E-state index contributed by atoms with van der Waals surface area (Å²) in [6.45, 7) is 11.1. The quantitative estimate of drug-likeness (QED) is 0.0297. The number of aliphatic hydroxyl groups excluding tert-OH is 1. The molecule has 4 aliphatic heterocycles. The largest absolute Gasteiger partial charge is 0.469 e. The van der Waals surface area contributed by atoms with E-state index in [1.54, 1.807) is 0 Å². The van der Waals surface area contributed by atoms with Crippen molar-refractivity contribution in [3.05, 3.63) is 179 Å². The van der Waals surface area contributed by atoms with E-state index in [1.807, 2.05) is 179 Å². The summed E-state index contributed by atoms with van der Waals surface area (Å²) >= 11 is 0. The highest BCUT2D eigenvalue weighted by atomic mass is 16.8. The van der Waals surface area contributed by atoms with Gasteiger partial charge in [0.25, 0.3) is 0 Å². The number of fused-ring (bicyclic) bond motifs is 1. The van der Waals surface area contributed by atoms with Crippen LogP contribution in [0.15, 0.2) is 152 Å². The molecule has 0 amide bonds. The van der Waals surface area contributed by atoms with Gasteiger partial charge in [0.1, 0.15) is 61.0 Å². The number of esters is 1. The monoisotopic (exact) mass is 1230 g/mol. The van der Waals surface area contributed by atoms with E-state index in [0.29, 0.717) is 13.0 Å². The Balaban J connectivity index is 1.07. The SMILES string of the molecule is CCCCC[C@@H](CCCCCCCCCC(=O)OC)O[C@@H]1O[C@H](C)[C@@H]2OC(C)(C)O[C@@H]2[C@H]1O[C@@H]1O[C@H](COCc2ccccc2)[C@@H](OCc2ccccc2)[C@H](OCc2ccccc2)[C@H]1O[C@@H]1O[C@H](C)[C@@H](OCc2ccccc2)[C@H](OCc2ccccc2)[C@H]1O. The summed E-state index contributed by atoms with van der Waals surface area (Å²) in [5.41, 5.74) is 4.74. The standard InChI is InChI=1S/C73H98O16/c1-7-8-19-42-58(43-30-12-10-9-11-13-31-44-60(74)76-6)84-71-69(67-63(52(3)83-71)88-73(4,5)89-67)87-72-68(86-70-61(75)65(80-48-56-38-26-17-27-39-56)62(51(2)82-70)78-46-54-34-22-15-23-35-54)66(81-49-57-40-28-18-29-41-57)64(79-47-55-36-24-16-25-37-55)59(85-72)50-77-45-53-32-20-14-21-33-53/h14-18,20-29,32-41,51-52,58-59,61-72,75H,7-13,19,30-31,42-50H2,1-6H3/t51-,52-,58+,59-,61-,62-,63+,64-,65-,66+,67+,68-,69-,70+,71+,72+/m1/s1. The van der Waals surface area contributed by atoms with Crippen molar-refractivity contribution in [3.63, 3.8) is 0 Å². The van der Waals surface area contributed by atoms with E-state index in [0.717, 1.165) is 105 Å². The Labute approximate surface area is 528 Å². The molecule has 0 spiro atoms. The molecule has 16 nitrogen and oxygen atoms in total. The molecule has 4 fully saturated rings. The van der Waals surface area contributed by atoms with Crippen LogP contribution in [0.4, 0.5) is 0 Å². The summed E-state index contributed by atoms with van der Waals surface area (Å²) in [5.74, 6) is -1.15. The molecule has 5 aromatic rings. The van der Waals surface area contributed by atoms with Crippen LogP contribution in [-0.4, -0.2) is 129 Å². The van der Waals surface area contributed by atoms with E-state index in [9.17, 15) is 9.90 Å². The highest BCUT2D eigenvalue weighted by Gasteiger charge is 2.59. The zero-order valence-electron chi connectivity index (χ0n) is 53.2. The molecule has 0 bridgehead atoms. The molecule has 0 saturated carbocycles. The van der Waals surface area contributed by atoms with Crippen LogP contribution in [0.25, 0.3) is 0 Å². The van der Waals surface area contributed by atoms with Crippen molar-refractivity contribution in [2.45, 2.75) is 255 Å². The van der Waals surface area contributed by atoms with Gasteiger partial charge in [-0.3, -0.25) is 4.79 Å². The van der Waals surface area contributed by atoms with Crippen molar-refractivity contribution in [1.29, 1.82) is 0 Å². The second kappa shape index (κ2) is 35.7. The summed E-state index contributed by atoms with van der Waals surface area (Å²) < 4.78 is 96.1. The predicted octanol–water partition coefficient (Wildman–Crippen LogP) is 13.1. The maximum Gasteiger partial charge on any atom is 0.305 e. The molecule has 0 unspecified atom stereocenters. The van der Waals surface area contributed by atoms with E-state index in [4.69, 9.17) is 66.3 Å². The third-order valence-electron chi connectivity index (χ3n) is 17.1. The molecular formula is C73H98O16. The summed E-state index contributed by atoms with van der Waals surface area (Å²) in [6, 6.07) is 49.7. The second-order valence-corrected chi connectivity index (χ2v) is 24.6. The van der Waals surface area contributed by atoms with Gasteiger partial charge in [0.15, 0.2) is 24.7 Å². The van der Waals surface area contributed by atoms with Gasteiger partial charge in [0, 0.05) is 6.42 Å². The van der Waals surface area contributed by atoms with Gasteiger partial charge in [-0.25, -0.2) is 0 Å². The van der Waals surface area contributed by atoms with Crippen molar-refractivity contribution in [2.24, 2.45) is 0 Å². The Kier molecular flexibility index (Phi) is 27.4. The predicted molar refractivity (Wildman–Crippen MR) is 336 cm³/mol. The van der Waals surface area contributed by atoms with E-state index in [2.05, 4.69) is 6.92 Å². The minimum atomic E-state index is -1.40. The van der Waals surface area contributed by atoms with Gasteiger partial charge in [-0.15, -0.1) is 0 Å². The number of carbonyl (C=O) groups is 1. The van der Waals surface area contributed by atoms with Crippen LogP contribution < -0.4 is 0 Å². The average Bonchev–Trinajstić information content (AvgIpc) is 1.88. The molecule has 0 radical (unpaired) electrons. The van der Waals surface area contributed by atoms with E-state index >= 15 is 0 Å². The van der Waals surface area contributed by atoms with E-state index < -0.39 is 97.9 Å². The number of aliphatic hydroxyl groups is 1. The van der Waals surface area contributed by atoms with Crippen molar-refractivity contribution < 1.29 is 76.2 Å². The van der Waals surface area contributed by atoms with Gasteiger partial charge in [-0.1, -0.05) is 216 Å². The van der Waals surface area contributed by atoms with Crippen LogP contribution in [0.1, 0.15) is 146 Å². The molecule has 16 atom stereocenters. The summed E-state index contributed by atoms with van der Waals surface area (Å²) in [6.07, 6.45) is -1.44. The first-order chi connectivity index (χ1) is 43.4. The Morgan fingerprint density at radius 3 is 1.47 bits per heavy atom. The summed E-state index contributed by atoms with van der Waals surface area (Å²) in [4.78, 5) is 11.7. The number of unbranched alkanes of at least 4 members (excludes halogenated alkanes) is 8. The zero-order valence-corrected chi connectivity index (χ0v) is 53.2. The lowest BCUT2D eigenvalue weighted by molar-refractivity contribution is -0.397. The maximum absolute atomic E-state index is 12.9. The minimum Gasteiger partial charge on any atom is -0.469 e. The van der Waals surface area contributed by atoms with Crippen LogP contribution in [-0.2, 0) is 104 Å². The second-order valence-electron chi connectivity index (χ2n) is 24.6. The average molecular weight is 1230 g/mol.